The molecule has 0 radical (unpaired) electrons. The number of aryl methyl sites for hydroxylation is 1. The fraction of sp³-hybridized carbons (Fsp3) is 0.438. The third-order valence-corrected chi connectivity index (χ3v) is 4.53. The molecule has 0 aliphatic rings. The van der Waals surface area contributed by atoms with E-state index < -0.39 is 11.8 Å². The van der Waals surface area contributed by atoms with Crippen molar-refractivity contribution in [2.24, 2.45) is 4.99 Å². The maximum absolute atomic E-state index is 13.8. The quantitative estimate of drug-likeness (QED) is 0.919. The first-order valence-corrected chi connectivity index (χ1v) is 8.61. The Kier molecular flexibility index (Phi) is 5.71. The molecule has 0 saturated carbocycles. The summed E-state index contributed by atoms with van der Waals surface area (Å²) in [4.78, 5) is 28.7. The SMILES string of the molecule is CCNC(=O)N=c1sn(CC)c(=O)n1-c1cc(F)ccc1C(C)C. The van der Waals surface area contributed by atoms with Crippen LogP contribution in [0.15, 0.2) is 28.0 Å². The zero-order chi connectivity index (χ0) is 17.9. The lowest BCUT2D eigenvalue weighted by Gasteiger charge is -2.12. The summed E-state index contributed by atoms with van der Waals surface area (Å²) in [6, 6.07) is 3.80. The number of nitrogens with zero attached hydrogens (tertiary/aromatic N) is 3. The first-order chi connectivity index (χ1) is 11.4. The predicted octanol–water partition coefficient (Wildman–Crippen LogP) is 2.61. The lowest BCUT2D eigenvalue weighted by Crippen LogP contribution is -2.30. The van der Waals surface area contributed by atoms with Crippen LogP contribution in [0.25, 0.3) is 5.69 Å². The third-order valence-electron chi connectivity index (χ3n) is 3.46. The molecule has 1 aromatic carbocycles. The van der Waals surface area contributed by atoms with E-state index in [1.807, 2.05) is 20.8 Å². The molecule has 0 unspecified atom stereocenters. The average Bonchev–Trinajstić information content (AvgIpc) is 2.82. The minimum Gasteiger partial charge on any atom is -0.336 e. The molecule has 0 aliphatic carbocycles. The molecule has 0 aliphatic heterocycles. The van der Waals surface area contributed by atoms with Crippen molar-refractivity contribution in [1.82, 2.24) is 13.8 Å². The van der Waals surface area contributed by atoms with Crippen molar-refractivity contribution < 1.29 is 9.18 Å². The maximum Gasteiger partial charge on any atom is 0.344 e. The molecule has 0 spiro atoms. The first-order valence-electron chi connectivity index (χ1n) is 7.84. The van der Waals surface area contributed by atoms with Crippen LogP contribution in [0.5, 0.6) is 0 Å². The second-order valence-corrected chi connectivity index (χ2v) is 6.48. The van der Waals surface area contributed by atoms with Gasteiger partial charge in [0.2, 0.25) is 4.80 Å². The number of urea groups is 1. The number of rotatable bonds is 4. The smallest absolute Gasteiger partial charge is 0.336 e. The number of aromatic nitrogens is 2. The van der Waals surface area contributed by atoms with Gasteiger partial charge in [-0.05, 0) is 49.0 Å². The van der Waals surface area contributed by atoms with E-state index in [4.69, 9.17) is 0 Å². The Labute approximate surface area is 143 Å². The summed E-state index contributed by atoms with van der Waals surface area (Å²) in [6.45, 7) is 8.41. The fourth-order valence-electron chi connectivity index (χ4n) is 2.32. The molecule has 24 heavy (non-hydrogen) atoms. The van der Waals surface area contributed by atoms with Crippen molar-refractivity contribution in [3.63, 3.8) is 0 Å². The summed E-state index contributed by atoms with van der Waals surface area (Å²) >= 11 is 1.08. The number of nitrogens with one attached hydrogen (secondary N) is 1. The lowest BCUT2D eigenvalue weighted by molar-refractivity contribution is 0.249. The minimum atomic E-state index is -0.529. The first kappa shape index (κ1) is 18.1. The molecule has 0 saturated heterocycles. The predicted molar refractivity (Wildman–Crippen MR) is 92.3 cm³/mol. The Morgan fingerprint density at radius 2 is 2.08 bits per heavy atom. The molecule has 0 fully saturated rings. The zero-order valence-corrected chi connectivity index (χ0v) is 15.0. The highest BCUT2D eigenvalue weighted by atomic mass is 32.1. The van der Waals surface area contributed by atoms with Crippen molar-refractivity contribution >= 4 is 17.6 Å². The number of carbonyl (C=O) groups excluding carboxylic acids is 1. The second kappa shape index (κ2) is 7.57. The van der Waals surface area contributed by atoms with Crippen molar-refractivity contribution in [2.45, 2.75) is 40.2 Å². The molecule has 0 atom stereocenters. The van der Waals surface area contributed by atoms with Crippen molar-refractivity contribution in [2.75, 3.05) is 6.54 Å². The number of benzene rings is 1. The van der Waals surface area contributed by atoms with Gasteiger partial charge in [-0.25, -0.2) is 22.5 Å². The molecule has 1 N–H and O–H groups in total. The van der Waals surface area contributed by atoms with Crippen molar-refractivity contribution in [3.8, 4) is 5.69 Å². The van der Waals surface area contributed by atoms with E-state index in [1.54, 1.807) is 13.0 Å². The van der Waals surface area contributed by atoms with Gasteiger partial charge in [-0.3, -0.25) is 0 Å². The van der Waals surface area contributed by atoms with Gasteiger partial charge in [0.05, 0.1) is 5.69 Å². The van der Waals surface area contributed by atoms with Crippen LogP contribution in [0.3, 0.4) is 0 Å². The summed E-state index contributed by atoms with van der Waals surface area (Å²) in [5, 5.41) is 2.57. The van der Waals surface area contributed by atoms with Crippen LogP contribution in [-0.2, 0) is 6.54 Å². The van der Waals surface area contributed by atoms with E-state index in [1.165, 1.54) is 20.7 Å². The van der Waals surface area contributed by atoms with Gasteiger partial charge in [-0.2, -0.15) is 4.99 Å². The molecular formula is C16H21FN4O2S. The van der Waals surface area contributed by atoms with E-state index in [9.17, 15) is 14.0 Å². The van der Waals surface area contributed by atoms with E-state index in [-0.39, 0.29) is 16.4 Å². The van der Waals surface area contributed by atoms with Gasteiger partial charge in [-0.15, -0.1) is 0 Å². The van der Waals surface area contributed by atoms with Gasteiger partial charge < -0.3 is 5.32 Å². The van der Waals surface area contributed by atoms with Crippen LogP contribution in [-0.4, -0.2) is 21.1 Å². The van der Waals surface area contributed by atoms with Gasteiger partial charge in [0, 0.05) is 13.1 Å². The topological polar surface area (TPSA) is 68.4 Å². The van der Waals surface area contributed by atoms with Gasteiger partial charge in [0.1, 0.15) is 5.82 Å². The molecule has 1 heterocycles. The van der Waals surface area contributed by atoms with Crippen molar-refractivity contribution in [1.29, 1.82) is 0 Å². The largest absolute Gasteiger partial charge is 0.344 e. The molecule has 1 aromatic heterocycles. The maximum atomic E-state index is 13.8. The number of hydrogen-bond acceptors (Lipinski definition) is 3. The standard InChI is InChI=1S/C16H21FN4O2S/c1-5-18-14(22)19-15-21(16(23)20(6-2)24-15)13-9-11(17)7-8-12(13)10(3)4/h7-10H,5-6H2,1-4H3,(H,18,22). The van der Waals surface area contributed by atoms with Crippen LogP contribution in [0.4, 0.5) is 9.18 Å². The van der Waals surface area contributed by atoms with Gasteiger partial charge in [-0.1, -0.05) is 19.9 Å². The average molecular weight is 352 g/mol. The molecule has 130 valence electrons. The van der Waals surface area contributed by atoms with Crippen LogP contribution < -0.4 is 15.8 Å². The van der Waals surface area contributed by atoms with Crippen LogP contribution in [0.1, 0.15) is 39.2 Å². The monoisotopic (exact) mass is 352 g/mol. The van der Waals surface area contributed by atoms with Crippen LogP contribution >= 0.6 is 11.5 Å². The highest BCUT2D eigenvalue weighted by Gasteiger charge is 2.16. The van der Waals surface area contributed by atoms with Crippen LogP contribution in [0, 0.1) is 5.82 Å². The van der Waals surface area contributed by atoms with Gasteiger partial charge in [0.15, 0.2) is 0 Å². The number of amides is 2. The summed E-state index contributed by atoms with van der Waals surface area (Å²) in [5.41, 5.74) is 0.895. The summed E-state index contributed by atoms with van der Waals surface area (Å²) in [6.07, 6.45) is 0. The Morgan fingerprint density at radius 1 is 1.38 bits per heavy atom. The minimum absolute atomic E-state index is 0.0831. The molecule has 0 bridgehead atoms. The zero-order valence-electron chi connectivity index (χ0n) is 14.2. The highest BCUT2D eigenvalue weighted by Crippen LogP contribution is 2.22. The molecule has 2 rings (SSSR count). The summed E-state index contributed by atoms with van der Waals surface area (Å²) in [7, 11) is 0. The van der Waals surface area contributed by atoms with E-state index >= 15 is 0 Å². The molecule has 2 amide bonds. The van der Waals surface area contributed by atoms with E-state index in [0.29, 0.717) is 18.8 Å². The van der Waals surface area contributed by atoms with E-state index in [0.717, 1.165) is 17.1 Å². The molecular weight excluding hydrogens is 331 g/mol. The van der Waals surface area contributed by atoms with Gasteiger partial charge >= 0.3 is 11.7 Å². The summed E-state index contributed by atoms with van der Waals surface area (Å²) in [5.74, 6) is -0.362. The molecule has 8 heteroatoms. The van der Waals surface area contributed by atoms with Gasteiger partial charge in [0.25, 0.3) is 0 Å². The Hall–Kier alpha value is -2.22. The number of carbonyl (C=O) groups is 1. The second-order valence-electron chi connectivity index (χ2n) is 5.49. The van der Waals surface area contributed by atoms with Crippen LogP contribution in [0.2, 0.25) is 0 Å². The lowest BCUT2D eigenvalue weighted by atomic mass is 10.0. The van der Waals surface area contributed by atoms with E-state index in [2.05, 4.69) is 10.3 Å². The highest BCUT2D eigenvalue weighted by molar-refractivity contribution is 7.03. The third kappa shape index (κ3) is 3.64. The molecule has 2 aromatic rings. The number of halogens is 1. The summed E-state index contributed by atoms with van der Waals surface area (Å²) < 4.78 is 16.6. The van der Waals surface area contributed by atoms with Crippen molar-refractivity contribution in [3.05, 3.63) is 44.9 Å². The Bertz CT molecular complexity index is 864. The Morgan fingerprint density at radius 3 is 2.67 bits per heavy atom. The fourth-order valence-corrected chi connectivity index (χ4v) is 3.19. The number of hydrogen-bond donors (Lipinski definition) is 1. The Balaban J connectivity index is 2.80. The molecule has 6 nitrogen and oxygen atoms in total. The normalized spacial score (nSPS) is 12.0.